The highest BCUT2D eigenvalue weighted by Gasteiger charge is 2.67. The summed E-state index contributed by atoms with van der Waals surface area (Å²) in [7, 11) is 0. The maximum Gasteiger partial charge on any atom is 0.241 e. The number of amides is 4. The van der Waals surface area contributed by atoms with Crippen LogP contribution in [0.3, 0.4) is 0 Å². The predicted molar refractivity (Wildman–Crippen MR) is 146 cm³/mol. The number of phenols is 1. The van der Waals surface area contributed by atoms with E-state index in [4.69, 9.17) is 11.6 Å². The molecule has 6 unspecified atom stereocenters. The van der Waals surface area contributed by atoms with Gasteiger partial charge in [-0.1, -0.05) is 35.4 Å². The third kappa shape index (κ3) is 3.41. The number of aromatic hydroxyl groups is 1. The molecule has 7 nitrogen and oxygen atoms in total. The van der Waals surface area contributed by atoms with Crippen molar-refractivity contribution in [3.8, 4) is 5.75 Å². The maximum atomic E-state index is 14.4. The second-order valence-corrected chi connectivity index (χ2v) is 12.1. The van der Waals surface area contributed by atoms with Crippen LogP contribution in [0.2, 0.25) is 5.02 Å². The fraction of sp³-hybridized carbons (Fsp3) is 0.419. The van der Waals surface area contributed by atoms with Crippen molar-refractivity contribution in [2.24, 2.45) is 29.1 Å². The Bertz CT molecular complexity index is 1530. The van der Waals surface area contributed by atoms with E-state index in [1.54, 1.807) is 27.7 Å². The van der Waals surface area contributed by atoms with Crippen molar-refractivity contribution in [2.45, 2.75) is 46.5 Å². The van der Waals surface area contributed by atoms with Crippen molar-refractivity contribution < 1.29 is 28.7 Å². The molecule has 9 heteroatoms. The Labute approximate surface area is 236 Å². The number of hydrogen-bond donors (Lipinski definition) is 1. The van der Waals surface area contributed by atoms with Crippen molar-refractivity contribution in [1.82, 2.24) is 4.90 Å². The first-order valence-electron chi connectivity index (χ1n) is 13.6. The van der Waals surface area contributed by atoms with Gasteiger partial charge in [0, 0.05) is 12.5 Å². The summed E-state index contributed by atoms with van der Waals surface area (Å²) in [6, 6.07) is 7.43. The van der Waals surface area contributed by atoms with E-state index in [-0.39, 0.29) is 41.2 Å². The number of carbonyl (C=O) groups excluding carboxylic acids is 4. The zero-order valence-electron chi connectivity index (χ0n) is 22.7. The van der Waals surface area contributed by atoms with Crippen LogP contribution in [0.25, 0.3) is 0 Å². The zero-order chi connectivity index (χ0) is 28.8. The van der Waals surface area contributed by atoms with E-state index in [0.29, 0.717) is 17.5 Å². The van der Waals surface area contributed by atoms with E-state index in [9.17, 15) is 28.7 Å². The summed E-state index contributed by atoms with van der Waals surface area (Å²) in [4.78, 5) is 57.5. The molecule has 6 atom stereocenters. The number of hydrogen-bond acceptors (Lipinski definition) is 5. The first-order valence-corrected chi connectivity index (χ1v) is 14.0. The van der Waals surface area contributed by atoms with Crippen molar-refractivity contribution in [2.75, 3.05) is 11.4 Å². The Morgan fingerprint density at radius 3 is 2.33 bits per heavy atom. The predicted octanol–water partition coefficient (Wildman–Crippen LogP) is 5.05. The summed E-state index contributed by atoms with van der Waals surface area (Å²) in [5.41, 5.74) is 1.87. The van der Waals surface area contributed by atoms with Gasteiger partial charge in [-0.05, 0) is 81.3 Å². The zero-order valence-corrected chi connectivity index (χ0v) is 23.5. The number of carbonyl (C=O) groups is 4. The number of halogens is 2. The molecule has 1 N–H and O–H groups in total. The minimum atomic E-state index is -1.22. The number of aryl methyl sites for hydroxylation is 2. The Morgan fingerprint density at radius 1 is 1.02 bits per heavy atom. The third-order valence-corrected chi connectivity index (χ3v) is 9.98. The van der Waals surface area contributed by atoms with Crippen LogP contribution in [0.5, 0.6) is 5.75 Å². The molecule has 1 saturated carbocycles. The third-order valence-electron chi connectivity index (χ3n) is 9.69. The van der Waals surface area contributed by atoms with E-state index in [1.807, 2.05) is 18.2 Å². The monoisotopic (exact) mass is 564 g/mol. The van der Waals surface area contributed by atoms with Gasteiger partial charge in [0.25, 0.3) is 0 Å². The number of imide groups is 2. The van der Waals surface area contributed by atoms with E-state index in [1.165, 1.54) is 17.0 Å². The van der Waals surface area contributed by atoms with Crippen molar-refractivity contribution in [3.63, 3.8) is 0 Å². The first-order chi connectivity index (χ1) is 18.9. The van der Waals surface area contributed by atoms with Crippen LogP contribution in [-0.2, 0) is 19.2 Å². The van der Waals surface area contributed by atoms with Crippen LogP contribution in [-0.4, -0.2) is 40.2 Å². The molecule has 0 bridgehead atoms. The second kappa shape index (κ2) is 8.99. The van der Waals surface area contributed by atoms with Gasteiger partial charge in [0.05, 0.1) is 33.9 Å². The fourth-order valence-electron chi connectivity index (χ4n) is 7.80. The molecule has 208 valence electrons. The SMILES string of the molecule is CCN1C(=O)C2CC=C3C(CC4C(=O)N(c5ccc(F)c(Cl)c5)C(=O)C4(C)C3c3cc(C)c(O)c(C)c3)C2C1=O. The molecule has 2 aromatic rings. The van der Waals surface area contributed by atoms with Gasteiger partial charge in [0.2, 0.25) is 23.6 Å². The Morgan fingerprint density at radius 2 is 1.70 bits per heavy atom. The van der Waals surface area contributed by atoms with Gasteiger partial charge in [0.15, 0.2) is 0 Å². The van der Waals surface area contributed by atoms with Gasteiger partial charge in [-0.2, -0.15) is 0 Å². The molecule has 6 rings (SSSR count). The average molecular weight is 565 g/mol. The fourth-order valence-corrected chi connectivity index (χ4v) is 7.97. The van der Waals surface area contributed by atoms with Crippen LogP contribution >= 0.6 is 11.6 Å². The lowest BCUT2D eigenvalue weighted by molar-refractivity contribution is -0.140. The van der Waals surface area contributed by atoms with Gasteiger partial charge in [-0.25, -0.2) is 9.29 Å². The summed E-state index contributed by atoms with van der Waals surface area (Å²) < 4.78 is 14.0. The highest BCUT2D eigenvalue weighted by Crippen LogP contribution is 2.63. The Balaban J connectivity index is 1.55. The van der Waals surface area contributed by atoms with Gasteiger partial charge in [-0.15, -0.1) is 0 Å². The number of nitrogens with zero attached hydrogens (tertiary/aromatic N) is 2. The lowest BCUT2D eigenvalue weighted by Gasteiger charge is -2.49. The van der Waals surface area contributed by atoms with Gasteiger partial charge in [0.1, 0.15) is 11.6 Å². The molecule has 2 aromatic carbocycles. The minimum absolute atomic E-state index is 0.155. The normalized spacial score (nSPS) is 31.4. The van der Waals surface area contributed by atoms with Crippen LogP contribution in [0, 0.1) is 48.8 Å². The smallest absolute Gasteiger partial charge is 0.241 e. The van der Waals surface area contributed by atoms with Crippen molar-refractivity contribution in [1.29, 1.82) is 0 Å². The van der Waals surface area contributed by atoms with Crippen LogP contribution in [0.15, 0.2) is 42.0 Å². The number of rotatable bonds is 3. The quantitative estimate of drug-likeness (QED) is 0.416. The molecular weight excluding hydrogens is 535 g/mol. The number of likely N-dealkylation sites (tertiary alicyclic amines) is 1. The molecular formula is C31H30ClFN2O5. The topological polar surface area (TPSA) is 95.0 Å². The lowest BCUT2D eigenvalue weighted by Crippen LogP contribution is -2.48. The molecule has 0 aromatic heterocycles. The van der Waals surface area contributed by atoms with Gasteiger partial charge < -0.3 is 5.11 Å². The molecule has 3 fully saturated rings. The van der Waals surface area contributed by atoms with E-state index >= 15 is 0 Å². The van der Waals surface area contributed by atoms with Crippen molar-refractivity contribution >= 4 is 40.9 Å². The highest BCUT2D eigenvalue weighted by molar-refractivity contribution is 6.31. The summed E-state index contributed by atoms with van der Waals surface area (Å²) >= 11 is 6.04. The number of anilines is 1. The summed E-state index contributed by atoms with van der Waals surface area (Å²) in [6.07, 6.45) is 2.61. The first kappa shape index (κ1) is 26.7. The molecule has 2 aliphatic carbocycles. The standard InChI is InChI=1S/C31H30ClFN2O5/c1-5-34-27(37)19-8-7-18-20(24(19)29(34)39)13-21-28(38)35(17-6-9-23(33)22(32)12-17)30(40)31(21,4)25(18)16-10-14(2)26(36)15(3)11-16/h6-7,9-12,19-21,24-25,36H,5,8,13H2,1-4H3. The summed E-state index contributed by atoms with van der Waals surface area (Å²) in [5, 5.41) is 10.3. The Hall–Kier alpha value is -3.52. The Kier molecular flexibility index (Phi) is 6.00. The number of benzene rings is 2. The van der Waals surface area contributed by atoms with Gasteiger partial charge in [-0.3, -0.25) is 24.1 Å². The van der Waals surface area contributed by atoms with Crippen molar-refractivity contribution in [3.05, 3.63) is 69.5 Å². The number of fused-ring (bicyclic) bond motifs is 4. The largest absolute Gasteiger partial charge is 0.507 e. The van der Waals surface area contributed by atoms with E-state index < -0.39 is 52.6 Å². The molecule has 4 aliphatic rings. The molecule has 2 aliphatic heterocycles. The van der Waals surface area contributed by atoms with Crippen LogP contribution in [0.1, 0.15) is 49.3 Å². The van der Waals surface area contributed by atoms with Crippen LogP contribution in [0.4, 0.5) is 10.1 Å². The maximum absolute atomic E-state index is 14.4. The van der Waals surface area contributed by atoms with Crippen LogP contribution < -0.4 is 4.90 Å². The summed E-state index contributed by atoms with van der Waals surface area (Å²) in [6.45, 7) is 7.40. The molecule has 4 amide bonds. The molecule has 0 spiro atoms. The molecule has 2 saturated heterocycles. The molecule has 2 heterocycles. The molecule has 40 heavy (non-hydrogen) atoms. The minimum Gasteiger partial charge on any atom is -0.507 e. The highest BCUT2D eigenvalue weighted by atomic mass is 35.5. The average Bonchev–Trinajstić information content (AvgIpc) is 3.27. The number of allylic oxidation sites excluding steroid dienone is 2. The summed E-state index contributed by atoms with van der Waals surface area (Å²) in [5.74, 6) is -4.65. The lowest BCUT2D eigenvalue weighted by atomic mass is 9.51. The second-order valence-electron chi connectivity index (χ2n) is 11.7. The number of phenolic OH excluding ortho intramolecular Hbond substituents is 1. The van der Waals surface area contributed by atoms with Gasteiger partial charge >= 0.3 is 0 Å². The van der Waals surface area contributed by atoms with E-state index in [2.05, 4.69) is 0 Å². The van der Waals surface area contributed by atoms with E-state index in [0.717, 1.165) is 22.1 Å². The molecule has 0 radical (unpaired) electrons.